The van der Waals surface area contributed by atoms with Crippen LogP contribution in [0.25, 0.3) is 0 Å². The summed E-state index contributed by atoms with van der Waals surface area (Å²) in [6, 6.07) is 4.37. The number of ether oxygens (including phenoxy) is 1. The third-order valence-corrected chi connectivity index (χ3v) is 5.25. The SMILES string of the molecule is CC(C)(C)OC(=O)N1CCC[C@H](NS(=O)(=O)c2cccc([N+](=O)[O-])c2)C1. The lowest BCUT2D eigenvalue weighted by atomic mass is 10.1. The zero-order valence-electron chi connectivity index (χ0n) is 15.0. The van der Waals surface area contributed by atoms with Gasteiger partial charge in [-0.05, 0) is 39.7 Å². The number of amides is 1. The maximum Gasteiger partial charge on any atom is 0.410 e. The molecule has 0 aromatic heterocycles. The van der Waals surface area contributed by atoms with Crippen LogP contribution in [0.3, 0.4) is 0 Å². The van der Waals surface area contributed by atoms with Crippen LogP contribution in [-0.2, 0) is 14.8 Å². The molecule has 0 bridgehead atoms. The molecule has 1 saturated heterocycles. The fourth-order valence-corrected chi connectivity index (χ4v) is 3.92. The standard InChI is InChI=1S/C16H23N3O6S/c1-16(2,3)25-15(20)18-9-5-6-12(11-18)17-26(23,24)14-8-4-7-13(10-14)19(21)22/h4,7-8,10,12,17H,5-6,9,11H2,1-3H3/t12-/m0/s1. The van der Waals surface area contributed by atoms with E-state index in [-0.39, 0.29) is 17.1 Å². The Labute approximate surface area is 152 Å². The second kappa shape index (κ2) is 7.58. The summed E-state index contributed by atoms with van der Waals surface area (Å²) in [6.07, 6.45) is 0.700. The summed E-state index contributed by atoms with van der Waals surface area (Å²) in [5.41, 5.74) is -0.932. The number of piperidine rings is 1. The molecule has 10 heteroatoms. The van der Waals surface area contributed by atoms with Crippen LogP contribution in [0.1, 0.15) is 33.6 Å². The third-order valence-electron chi connectivity index (χ3n) is 3.73. The predicted molar refractivity (Wildman–Crippen MR) is 94.2 cm³/mol. The third kappa shape index (κ3) is 5.40. The highest BCUT2D eigenvalue weighted by atomic mass is 32.2. The predicted octanol–water partition coefficient (Wildman–Crippen LogP) is 2.27. The summed E-state index contributed by atoms with van der Waals surface area (Å²) in [6.45, 7) is 5.96. The summed E-state index contributed by atoms with van der Waals surface area (Å²) in [7, 11) is -3.93. The van der Waals surface area contributed by atoms with E-state index in [2.05, 4.69) is 4.72 Å². The number of carbonyl (C=O) groups is 1. The minimum Gasteiger partial charge on any atom is -0.444 e. The van der Waals surface area contributed by atoms with Crippen molar-refractivity contribution in [1.29, 1.82) is 0 Å². The van der Waals surface area contributed by atoms with Crippen molar-refractivity contribution < 1.29 is 22.9 Å². The molecular weight excluding hydrogens is 362 g/mol. The van der Waals surface area contributed by atoms with Crippen molar-refractivity contribution in [3.05, 3.63) is 34.4 Å². The molecule has 2 rings (SSSR count). The lowest BCUT2D eigenvalue weighted by Gasteiger charge is -2.34. The quantitative estimate of drug-likeness (QED) is 0.627. The highest BCUT2D eigenvalue weighted by Gasteiger charge is 2.30. The summed E-state index contributed by atoms with van der Waals surface area (Å²) in [5.74, 6) is 0. The number of likely N-dealkylation sites (tertiary alicyclic amines) is 1. The van der Waals surface area contributed by atoms with Gasteiger partial charge >= 0.3 is 6.09 Å². The van der Waals surface area contributed by atoms with E-state index in [9.17, 15) is 23.3 Å². The average Bonchev–Trinajstić information content (AvgIpc) is 2.53. The molecule has 0 unspecified atom stereocenters. The molecule has 0 aliphatic carbocycles. The molecule has 144 valence electrons. The van der Waals surface area contributed by atoms with Crippen molar-refractivity contribution in [1.82, 2.24) is 9.62 Å². The fourth-order valence-electron chi connectivity index (χ4n) is 2.62. The van der Waals surface area contributed by atoms with Crippen molar-refractivity contribution in [3.8, 4) is 0 Å². The Hall–Kier alpha value is -2.20. The van der Waals surface area contributed by atoms with Crippen LogP contribution in [0, 0.1) is 10.1 Å². The van der Waals surface area contributed by atoms with Gasteiger partial charge in [-0.3, -0.25) is 10.1 Å². The first-order valence-electron chi connectivity index (χ1n) is 8.23. The Balaban J connectivity index is 2.08. The largest absolute Gasteiger partial charge is 0.444 e. The first kappa shape index (κ1) is 20.1. The molecule has 1 atom stereocenters. The van der Waals surface area contributed by atoms with Crippen LogP contribution in [0.15, 0.2) is 29.2 Å². The molecule has 26 heavy (non-hydrogen) atoms. The number of nitro groups is 1. The first-order valence-corrected chi connectivity index (χ1v) is 9.71. The summed E-state index contributed by atoms with van der Waals surface area (Å²) < 4.78 is 32.9. The van der Waals surface area contributed by atoms with Crippen molar-refractivity contribution in [2.45, 2.75) is 50.2 Å². The van der Waals surface area contributed by atoms with Crippen molar-refractivity contribution in [3.63, 3.8) is 0 Å². The summed E-state index contributed by atoms with van der Waals surface area (Å²) in [5, 5.41) is 10.8. The van der Waals surface area contributed by atoms with Gasteiger partial charge in [-0.2, -0.15) is 0 Å². The first-order chi connectivity index (χ1) is 12.0. The van der Waals surface area contributed by atoms with E-state index in [4.69, 9.17) is 4.74 Å². The van der Waals surface area contributed by atoms with Crippen LogP contribution in [0.2, 0.25) is 0 Å². The lowest BCUT2D eigenvalue weighted by Crippen LogP contribution is -2.50. The number of hydrogen-bond donors (Lipinski definition) is 1. The maximum atomic E-state index is 12.5. The highest BCUT2D eigenvalue weighted by molar-refractivity contribution is 7.89. The van der Waals surface area contributed by atoms with E-state index < -0.39 is 32.7 Å². The second-order valence-electron chi connectivity index (χ2n) is 7.14. The van der Waals surface area contributed by atoms with Crippen LogP contribution >= 0.6 is 0 Å². The maximum absolute atomic E-state index is 12.5. The summed E-state index contributed by atoms with van der Waals surface area (Å²) in [4.78, 5) is 23.6. The molecule has 1 aliphatic heterocycles. The van der Waals surface area contributed by atoms with Crippen LogP contribution in [-0.4, -0.2) is 49.1 Å². The van der Waals surface area contributed by atoms with E-state index in [0.717, 1.165) is 6.07 Å². The van der Waals surface area contributed by atoms with E-state index in [1.54, 1.807) is 20.8 Å². The van der Waals surface area contributed by atoms with E-state index in [0.29, 0.717) is 19.4 Å². The van der Waals surface area contributed by atoms with Crippen LogP contribution < -0.4 is 4.72 Å². The number of benzene rings is 1. The number of nitrogens with zero attached hydrogens (tertiary/aromatic N) is 2. The van der Waals surface area contributed by atoms with Crippen LogP contribution in [0.5, 0.6) is 0 Å². The molecule has 1 aromatic carbocycles. The molecule has 9 nitrogen and oxygen atoms in total. The molecule has 0 spiro atoms. The van der Waals surface area contributed by atoms with Crippen molar-refractivity contribution in [2.75, 3.05) is 13.1 Å². The van der Waals surface area contributed by atoms with Gasteiger partial charge in [0.05, 0.1) is 9.82 Å². The van der Waals surface area contributed by atoms with Crippen molar-refractivity contribution in [2.24, 2.45) is 0 Å². The van der Waals surface area contributed by atoms with Crippen molar-refractivity contribution >= 4 is 21.8 Å². The van der Waals surface area contributed by atoms with Gasteiger partial charge in [0, 0.05) is 31.3 Å². The zero-order chi connectivity index (χ0) is 19.5. The van der Waals surface area contributed by atoms with Gasteiger partial charge in [0.25, 0.3) is 5.69 Å². The zero-order valence-corrected chi connectivity index (χ0v) is 15.8. The van der Waals surface area contributed by atoms with E-state index in [1.807, 2.05) is 0 Å². The monoisotopic (exact) mass is 385 g/mol. The van der Waals surface area contributed by atoms with Crippen LogP contribution in [0.4, 0.5) is 10.5 Å². The van der Waals surface area contributed by atoms with Gasteiger partial charge in [0.15, 0.2) is 0 Å². The van der Waals surface area contributed by atoms with Gasteiger partial charge in [-0.25, -0.2) is 17.9 Å². The van der Waals surface area contributed by atoms with Gasteiger partial charge in [-0.1, -0.05) is 6.07 Å². The minimum atomic E-state index is -3.93. The number of non-ortho nitro benzene ring substituents is 1. The number of rotatable bonds is 4. The molecule has 0 saturated carbocycles. The molecule has 1 aromatic rings. The number of carbonyl (C=O) groups excluding carboxylic acids is 1. The molecule has 1 aliphatic rings. The normalized spacial score (nSPS) is 18.4. The molecule has 1 N–H and O–H groups in total. The molecular formula is C16H23N3O6S. The fraction of sp³-hybridized carbons (Fsp3) is 0.562. The molecule has 1 fully saturated rings. The topological polar surface area (TPSA) is 119 Å². The van der Waals surface area contributed by atoms with Gasteiger partial charge < -0.3 is 9.64 Å². The van der Waals surface area contributed by atoms with Gasteiger partial charge in [0.2, 0.25) is 10.0 Å². The Morgan fingerprint density at radius 1 is 1.38 bits per heavy atom. The van der Waals surface area contributed by atoms with Gasteiger partial charge in [0.1, 0.15) is 5.60 Å². The number of hydrogen-bond acceptors (Lipinski definition) is 6. The Morgan fingerprint density at radius 3 is 2.69 bits per heavy atom. The average molecular weight is 385 g/mol. The second-order valence-corrected chi connectivity index (χ2v) is 8.86. The number of nitro benzene ring substituents is 1. The smallest absolute Gasteiger partial charge is 0.410 e. The highest BCUT2D eigenvalue weighted by Crippen LogP contribution is 2.20. The molecule has 0 radical (unpaired) electrons. The van der Waals surface area contributed by atoms with Gasteiger partial charge in [-0.15, -0.1) is 0 Å². The minimum absolute atomic E-state index is 0.180. The Bertz CT molecular complexity index is 787. The Morgan fingerprint density at radius 2 is 2.08 bits per heavy atom. The number of nitrogens with one attached hydrogen (secondary N) is 1. The number of sulfonamides is 1. The Kier molecular flexibility index (Phi) is 5.87. The van der Waals surface area contributed by atoms with E-state index >= 15 is 0 Å². The van der Waals surface area contributed by atoms with E-state index in [1.165, 1.54) is 23.1 Å². The summed E-state index contributed by atoms with van der Waals surface area (Å²) >= 11 is 0. The molecule has 1 amide bonds. The lowest BCUT2D eigenvalue weighted by molar-refractivity contribution is -0.385. The molecule has 1 heterocycles.